The van der Waals surface area contributed by atoms with E-state index in [1.54, 1.807) is 7.11 Å². The maximum absolute atomic E-state index is 10.3. The van der Waals surface area contributed by atoms with Gasteiger partial charge in [-0.05, 0) is 66.6 Å². The van der Waals surface area contributed by atoms with Crippen molar-refractivity contribution in [1.82, 2.24) is 0 Å². The van der Waals surface area contributed by atoms with Crippen LogP contribution in [0.4, 0.5) is 0 Å². The van der Waals surface area contributed by atoms with E-state index in [0.717, 1.165) is 59.0 Å². The van der Waals surface area contributed by atoms with E-state index >= 15 is 0 Å². The van der Waals surface area contributed by atoms with E-state index in [4.69, 9.17) is 18.9 Å². The molecular formula is C69H124O5. The van der Waals surface area contributed by atoms with Crippen LogP contribution in [0.5, 0.6) is 23.0 Å². The fraction of sp³-hybridized carbons (Fsp3) is 0.826. The van der Waals surface area contributed by atoms with Gasteiger partial charge in [-0.15, -0.1) is 0 Å². The maximum atomic E-state index is 10.3. The number of ether oxygens (including phenoxy) is 4. The molecule has 2 rings (SSSR count). The summed E-state index contributed by atoms with van der Waals surface area (Å²) in [4.78, 5) is 0. The first kappa shape index (κ1) is 67.7. The van der Waals surface area contributed by atoms with Gasteiger partial charge in [-0.1, -0.05) is 316 Å². The summed E-state index contributed by atoms with van der Waals surface area (Å²) in [6.07, 6.45) is 65.9. The van der Waals surface area contributed by atoms with Crippen LogP contribution >= 0.6 is 0 Å². The molecule has 5 nitrogen and oxygen atoms in total. The van der Waals surface area contributed by atoms with E-state index in [2.05, 4.69) is 39.0 Å². The van der Waals surface area contributed by atoms with Gasteiger partial charge in [-0.25, -0.2) is 0 Å². The molecular weight excluding hydrogens is 909 g/mol. The van der Waals surface area contributed by atoms with Gasteiger partial charge in [0, 0.05) is 0 Å². The summed E-state index contributed by atoms with van der Waals surface area (Å²) in [6, 6.07) is 10.3. The average Bonchev–Trinajstić information content (AvgIpc) is 3.41. The molecule has 0 unspecified atom stereocenters. The fourth-order valence-electron chi connectivity index (χ4n) is 10.8. The highest BCUT2D eigenvalue weighted by atomic mass is 16.5. The Morgan fingerprint density at radius 3 is 0.851 bits per heavy atom. The molecule has 1 N–H and O–H groups in total. The van der Waals surface area contributed by atoms with Gasteiger partial charge in [-0.2, -0.15) is 0 Å². The van der Waals surface area contributed by atoms with Crippen LogP contribution < -0.4 is 18.9 Å². The summed E-state index contributed by atoms with van der Waals surface area (Å²) < 4.78 is 25.8. The summed E-state index contributed by atoms with van der Waals surface area (Å²) in [5, 5.41) is 10.3. The van der Waals surface area contributed by atoms with E-state index in [9.17, 15) is 5.11 Å². The number of benzene rings is 2. The quantitative estimate of drug-likeness (QED) is 0.0669. The Morgan fingerprint density at radius 1 is 0.311 bits per heavy atom. The molecule has 5 heteroatoms. The van der Waals surface area contributed by atoms with Crippen LogP contribution in [0.1, 0.15) is 346 Å². The molecule has 74 heavy (non-hydrogen) atoms. The lowest BCUT2D eigenvalue weighted by Gasteiger charge is -2.20. The Morgan fingerprint density at radius 2 is 0.581 bits per heavy atom. The van der Waals surface area contributed by atoms with Gasteiger partial charge in [0.05, 0.1) is 33.5 Å². The van der Waals surface area contributed by atoms with Gasteiger partial charge in [0.1, 0.15) is 5.75 Å². The summed E-state index contributed by atoms with van der Waals surface area (Å²) in [5.74, 6) is 3.18. The lowest BCUT2D eigenvalue weighted by molar-refractivity contribution is 0.234. The first-order valence-electron chi connectivity index (χ1n) is 33.0. The molecule has 0 heterocycles. The standard InChI is InChI=1S/C69H124O5/c1-5-8-11-14-17-20-23-26-29-32-35-38-41-44-47-50-55-72-67-59-63(58-65-61-66(71-4)54-53-64(65)62-70)60-68(73-56-51-48-45-42-39-36-33-30-27-24-21-18-15-12-9-6-2)69(67)74-57-52-49-46-43-40-37-34-31-28-25-22-19-16-13-10-7-3/h53-54,59-61,70H,5-52,55-58,62H2,1-4H3. The summed E-state index contributed by atoms with van der Waals surface area (Å²) in [5.41, 5.74) is 3.08. The van der Waals surface area contributed by atoms with Crippen LogP contribution in [-0.4, -0.2) is 32.0 Å². The molecule has 2 aromatic carbocycles. The Hall–Kier alpha value is -2.40. The highest BCUT2D eigenvalue weighted by Crippen LogP contribution is 2.41. The number of aliphatic hydroxyl groups is 1. The molecule has 0 aromatic heterocycles. The molecule has 0 radical (unpaired) electrons. The minimum Gasteiger partial charge on any atom is -0.497 e. The third kappa shape index (κ3) is 39.0. The highest BCUT2D eigenvalue weighted by Gasteiger charge is 2.18. The zero-order valence-corrected chi connectivity index (χ0v) is 49.9. The van der Waals surface area contributed by atoms with E-state index in [1.807, 2.05) is 12.1 Å². The van der Waals surface area contributed by atoms with Crippen molar-refractivity contribution in [2.24, 2.45) is 0 Å². The zero-order valence-electron chi connectivity index (χ0n) is 49.9. The molecule has 0 amide bonds. The fourth-order valence-corrected chi connectivity index (χ4v) is 10.8. The van der Waals surface area contributed by atoms with Gasteiger partial charge in [0.15, 0.2) is 11.5 Å². The highest BCUT2D eigenvalue weighted by molar-refractivity contribution is 5.55. The molecule has 0 aliphatic heterocycles. The van der Waals surface area contributed by atoms with E-state index < -0.39 is 0 Å². The molecule has 0 saturated carbocycles. The third-order valence-corrected chi connectivity index (χ3v) is 15.8. The largest absolute Gasteiger partial charge is 0.497 e. The van der Waals surface area contributed by atoms with Crippen molar-refractivity contribution in [1.29, 1.82) is 0 Å². The lowest BCUT2D eigenvalue weighted by Crippen LogP contribution is -2.07. The van der Waals surface area contributed by atoms with Crippen LogP contribution in [0.3, 0.4) is 0 Å². The predicted molar refractivity (Wildman–Crippen MR) is 323 cm³/mol. The van der Waals surface area contributed by atoms with Crippen molar-refractivity contribution in [3.63, 3.8) is 0 Å². The SMILES string of the molecule is CCCCCCCCCCCCCCCCCCOc1cc(Cc2cc(OC)ccc2CO)cc(OCCCCCCCCCCCCCCCCCC)c1OCCCCCCCCCCCCCCCCCC. The van der Waals surface area contributed by atoms with E-state index in [-0.39, 0.29) is 6.61 Å². The second-order valence-electron chi connectivity index (χ2n) is 22.8. The van der Waals surface area contributed by atoms with Gasteiger partial charge in [-0.3, -0.25) is 0 Å². The smallest absolute Gasteiger partial charge is 0.203 e. The van der Waals surface area contributed by atoms with Gasteiger partial charge < -0.3 is 24.1 Å². The summed E-state index contributed by atoms with van der Waals surface area (Å²) in [6.45, 7) is 8.93. The molecule has 0 aliphatic carbocycles. The van der Waals surface area contributed by atoms with Crippen molar-refractivity contribution in [2.75, 3.05) is 26.9 Å². The van der Waals surface area contributed by atoms with Crippen LogP contribution in [0.2, 0.25) is 0 Å². The number of methoxy groups -OCH3 is 1. The van der Waals surface area contributed by atoms with Crippen LogP contribution in [0.25, 0.3) is 0 Å². The van der Waals surface area contributed by atoms with Gasteiger partial charge >= 0.3 is 0 Å². The molecule has 0 aliphatic rings. The van der Waals surface area contributed by atoms with Crippen molar-refractivity contribution in [3.8, 4) is 23.0 Å². The predicted octanol–water partition coefficient (Wildman–Crippen LogP) is 22.7. The molecule has 0 fully saturated rings. The second kappa shape index (κ2) is 52.6. The van der Waals surface area contributed by atoms with E-state index in [0.29, 0.717) is 26.2 Å². The molecule has 0 saturated heterocycles. The van der Waals surface area contributed by atoms with Crippen LogP contribution in [0.15, 0.2) is 30.3 Å². The van der Waals surface area contributed by atoms with Crippen molar-refractivity contribution in [2.45, 2.75) is 342 Å². The number of unbranched alkanes of at least 4 members (excludes halogenated alkanes) is 45. The Bertz CT molecular complexity index is 1410. The van der Waals surface area contributed by atoms with Crippen LogP contribution in [0, 0.1) is 0 Å². The minimum absolute atomic E-state index is 0.00887. The second-order valence-corrected chi connectivity index (χ2v) is 22.8. The Balaban J connectivity index is 1.94. The number of rotatable bonds is 58. The normalized spacial score (nSPS) is 11.5. The average molecular weight is 1030 g/mol. The molecule has 430 valence electrons. The van der Waals surface area contributed by atoms with Crippen molar-refractivity contribution in [3.05, 3.63) is 47.0 Å². The van der Waals surface area contributed by atoms with E-state index in [1.165, 1.54) is 289 Å². The third-order valence-electron chi connectivity index (χ3n) is 15.8. The molecule has 2 aromatic rings. The zero-order chi connectivity index (χ0) is 52.9. The maximum Gasteiger partial charge on any atom is 0.203 e. The topological polar surface area (TPSA) is 57.2 Å². The van der Waals surface area contributed by atoms with Crippen molar-refractivity contribution >= 4 is 0 Å². The number of aliphatic hydroxyl groups excluding tert-OH is 1. The number of hydrogen-bond donors (Lipinski definition) is 1. The molecule has 0 bridgehead atoms. The first-order valence-corrected chi connectivity index (χ1v) is 33.0. The first-order chi connectivity index (χ1) is 36.7. The van der Waals surface area contributed by atoms with Crippen molar-refractivity contribution < 1.29 is 24.1 Å². The summed E-state index contributed by atoms with van der Waals surface area (Å²) in [7, 11) is 1.71. The molecule has 0 atom stereocenters. The minimum atomic E-state index is -0.00887. The Labute approximate surface area is 461 Å². The molecule has 0 spiro atoms. The lowest BCUT2D eigenvalue weighted by atomic mass is 9.99. The van der Waals surface area contributed by atoms with Gasteiger partial charge in [0.25, 0.3) is 0 Å². The Kier molecular flexibility index (Phi) is 48.2. The van der Waals surface area contributed by atoms with Gasteiger partial charge in [0.2, 0.25) is 5.75 Å². The summed E-state index contributed by atoms with van der Waals surface area (Å²) >= 11 is 0. The van der Waals surface area contributed by atoms with Crippen LogP contribution in [-0.2, 0) is 13.0 Å². The monoisotopic (exact) mass is 1030 g/mol. The number of hydrogen-bond acceptors (Lipinski definition) is 5.